The van der Waals surface area contributed by atoms with Crippen molar-refractivity contribution in [3.05, 3.63) is 71.9 Å². The maximum Gasteiger partial charge on any atom is 0.416 e. The van der Waals surface area contributed by atoms with Crippen LogP contribution in [0.2, 0.25) is 0 Å². The lowest BCUT2D eigenvalue weighted by atomic mass is 10.1. The molecule has 0 bridgehead atoms. The summed E-state index contributed by atoms with van der Waals surface area (Å²) >= 11 is 0. The van der Waals surface area contributed by atoms with Gasteiger partial charge >= 0.3 is 12.3 Å². The number of rotatable bonds is 7. The Morgan fingerprint density at radius 1 is 1.17 bits per heavy atom. The monoisotopic (exact) mass is 614 g/mol. The lowest BCUT2D eigenvalue weighted by Gasteiger charge is -2.36. The lowest BCUT2D eigenvalue weighted by Crippen LogP contribution is -2.46. The minimum atomic E-state index is -4.84. The quantitative estimate of drug-likeness (QED) is 0.339. The van der Waals surface area contributed by atoms with Gasteiger partial charge in [-0.1, -0.05) is 6.07 Å². The summed E-state index contributed by atoms with van der Waals surface area (Å²) in [6.45, 7) is 1.02. The van der Waals surface area contributed by atoms with Gasteiger partial charge in [0.2, 0.25) is 16.8 Å². The van der Waals surface area contributed by atoms with Gasteiger partial charge < -0.3 is 9.84 Å². The third kappa shape index (κ3) is 6.51. The van der Waals surface area contributed by atoms with Gasteiger partial charge in [0.1, 0.15) is 17.7 Å². The van der Waals surface area contributed by atoms with Crippen LogP contribution in [0.1, 0.15) is 17.5 Å². The number of pyridine rings is 1. The second-order valence-electron chi connectivity index (χ2n) is 8.75. The van der Waals surface area contributed by atoms with Crippen molar-refractivity contribution >= 4 is 50.1 Å². The van der Waals surface area contributed by atoms with Crippen LogP contribution < -0.4 is 18.7 Å². The molecule has 0 saturated carbocycles. The number of hydrogen-bond acceptors (Lipinski definition) is 8. The van der Waals surface area contributed by atoms with Crippen molar-refractivity contribution in [2.75, 3.05) is 20.5 Å². The van der Waals surface area contributed by atoms with Gasteiger partial charge in [-0.15, -0.1) is 0 Å². The van der Waals surface area contributed by atoms with Crippen LogP contribution in [0.4, 0.5) is 35.2 Å². The summed E-state index contributed by atoms with van der Waals surface area (Å²) in [5.74, 6) is -1.35. The summed E-state index contributed by atoms with van der Waals surface area (Å²) in [4.78, 5) is 27.4. The van der Waals surface area contributed by atoms with E-state index in [-0.39, 0.29) is 22.9 Å². The van der Waals surface area contributed by atoms with E-state index in [9.17, 15) is 39.6 Å². The van der Waals surface area contributed by atoms with Crippen molar-refractivity contribution in [1.29, 1.82) is 0 Å². The van der Waals surface area contributed by atoms with E-state index in [1.165, 1.54) is 24.4 Å². The zero-order valence-corrected chi connectivity index (χ0v) is 22.6. The number of sulfonamides is 1. The average molecular weight is 615 g/mol. The number of nitrogens with one attached hydrogen (secondary N) is 1. The van der Waals surface area contributed by atoms with E-state index in [4.69, 9.17) is 9.84 Å². The van der Waals surface area contributed by atoms with E-state index in [1.54, 1.807) is 13.0 Å². The Labute approximate surface area is 233 Å². The van der Waals surface area contributed by atoms with Crippen LogP contribution >= 0.6 is 0 Å². The zero-order valence-electron chi connectivity index (χ0n) is 20.9. The summed E-state index contributed by atoms with van der Waals surface area (Å²) in [6.07, 6.45) is -6.97. The molecule has 4 rings (SSSR count). The molecule has 2 N–H and O–H groups in total. The molecule has 0 radical (unpaired) electrons. The SMILES string of the molecule is Cc1ccnc(N(C(=O)CC2CN(S(=O)(=O)c3cccc(C(F)(F)F)c3)c3cc(NC(=O)O)ccc3O2)[SH](=O)=O)c1. The number of halogens is 3. The van der Waals surface area contributed by atoms with Crippen molar-refractivity contribution in [2.45, 2.75) is 30.5 Å². The normalized spacial score (nSPS) is 15.1. The third-order valence-corrected chi connectivity index (χ3v) is 8.34. The molecule has 2 heterocycles. The number of alkyl halides is 3. The molecule has 1 aliphatic heterocycles. The molecule has 1 atom stereocenters. The van der Waals surface area contributed by atoms with Crippen LogP contribution in [0, 0.1) is 6.92 Å². The molecule has 12 nitrogen and oxygen atoms in total. The highest BCUT2D eigenvalue weighted by molar-refractivity contribution is 7.92. The first-order chi connectivity index (χ1) is 19.2. The van der Waals surface area contributed by atoms with E-state index in [0.717, 1.165) is 18.2 Å². The third-order valence-electron chi connectivity index (χ3n) is 5.81. The number of carbonyl (C=O) groups is 2. The highest BCUT2D eigenvalue weighted by Crippen LogP contribution is 2.40. The minimum absolute atomic E-state index is 0.0707. The van der Waals surface area contributed by atoms with Crippen molar-refractivity contribution < 1.29 is 49.4 Å². The maximum absolute atomic E-state index is 13.7. The Hall–Kier alpha value is -4.38. The molecule has 2 aromatic carbocycles. The molecule has 3 aromatic rings. The van der Waals surface area contributed by atoms with Crippen LogP contribution in [-0.4, -0.2) is 51.6 Å². The first-order valence-corrected chi connectivity index (χ1v) is 14.1. The minimum Gasteiger partial charge on any atom is -0.486 e. The van der Waals surface area contributed by atoms with Crippen LogP contribution in [0.3, 0.4) is 0 Å². The predicted molar refractivity (Wildman–Crippen MR) is 140 cm³/mol. The number of fused-ring (bicyclic) bond motifs is 1. The molecule has 41 heavy (non-hydrogen) atoms. The average Bonchev–Trinajstić information content (AvgIpc) is 2.87. The standard InChI is InChI=1S/C24H21F3N4O8S2/c1-14-7-8-28-21(9-14)31(40(35)36)22(32)12-17-13-30(19-11-16(29-23(33)34)5-6-20(19)39-17)41(37,38)18-4-2-3-15(10-18)24(25,26)27/h2-11,17,29,40H,12-13H2,1H3,(H,33,34). The highest BCUT2D eigenvalue weighted by atomic mass is 32.2. The Bertz CT molecular complexity index is 1690. The zero-order chi connectivity index (χ0) is 30.1. The van der Waals surface area contributed by atoms with Gasteiger partial charge in [0.25, 0.3) is 10.0 Å². The van der Waals surface area contributed by atoms with Gasteiger partial charge in [-0.05, 0) is 61.0 Å². The summed E-state index contributed by atoms with van der Waals surface area (Å²) in [5, 5.41) is 11.1. The summed E-state index contributed by atoms with van der Waals surface area (Å²) < 4.78 is 98.1. The second-order valence-corrected chi connectivity index (χ2v) is 11.5. The number of aromatic nitrogens is 1. The molecule has 0 aliphatic carbocycles. The fraction of sp³-hybridized carbons (Fsp3) is 0.208. The predicted octanol–water partition coefficient (Wildman–Crippen LogP) is 3.40. The summed E-state index contributed by atoms with van der Waals surface area (Å²) in [7, 11) is -8.25. The van der Waals surface area contributed by atoms with Crippen molar-refractivity contribution in [2.24, 2.45) is 0 Å². The first kappa shape index (κ1) is 29.6. The molecule has 1 unspecified atom stereocenters. The smallest absolute Gasteiger partial charge is 0.416 e. The molecule has 1 aromatic heterocycles. The van der Waals surface area contributed by atoms with Crippen molar-refractivity contribution in [1.82, 2.24) is 4.98 Å². The van der Waals surface area contributed by atoms with Gasteiger partial charge in [-0.2, -0.15) is 17.5 Å². The number of carboxylic acid groups (broad SMARTS) is 1. The van der Waals surface area contributed by atoms with E-state index >= 15 is 0 Å². The molecule has 0 saturated heterocycles. The number of thiol groups is 1. The Morgan fingerprint density at radius 2 is 1.90 bits per heavy atom. The van der Waals surface area contributed by atoms with Crippen LogP contribution in [0.15, 0.2) is 65.7 Å². The van der Waals surface area contributed by atoms with Gasteiger partial charge in [-0.25, -0.2) is 26.6 Å². The molecule has 2 amide bonds. The number of benzene rings is 2. The molecular weight excluding hydrogens is 593 g/mol. The molecule has 0 fully saturated rings. The molecular formula is C24H21F3N4O8S2. The summed E-state index contributed by atoms with van der Waals surface area (Å²) in [6, 6.07) is 9.48. The van der Waals surface area contributed by atoms with E-state index in [1.807, 2.05) is 5.32 Å². The van der Waals surface area contributed by atoms with E-state index < -0.39 is 68.6 Å². The fourth-order valence-electron chi connectivity index (χ4n) is 4.03. The van der Waals surface area contributed by atoms with E-state index in [2.05, 4.69) is 4.98 Å². The van der Waals surface area contributed by atoms with Crippen molar-refractivity contribution in [3.8, 4) is 5.75 Å². The van der Waals surface area contributed by atoms with Gasteiger partial charge in [0.05, 0.1) is 29.1 Å². The number of anilines is 3. The Morgan fingerprint density at radius 3 is 2.54 bits per heavy atom. The van der Waals surface area contributed by atoms with Gasteiger partial charge in [0, 0.05) is 11.9 Å². The van der Waals surface area contributed by atoms with Crippen LogP contribution in [0.25, 0.3) is 0 Å². The first-order valence-electron chi connectivity index (χ1n) is 11.6. The lowest BCUT2D eigenvalue weighted by molar-refractivity contribution is -0.137. The van der Waals surface area contributed by atoms with Crippen LogP contribution in [-0.2, 0) is 31.9 Å². The van der Waals surface area contributed by atoms with Crippen molar-refractivity contribution in [3.63, 3.8) is 0 Å². The largest absolute Gasteiger partial charge is 0.486 e. The van der Waals surface area contributed by atoms with E-state index in [0.29, 0.717) is 26.3 Å². The molecule has 0 spiro atoms. The highest BCUT2D eigenvalue weighted by Gasteiger charge is 2.38. The van der Waals surface area contributed by atoms with Gasteiger partial charge in [0.15, 0.2) is 0 Å². The van der Waals surface area contributed by atoms with Crippen LogP contribution in [0.5, 0.6) is 5.75 Å². The number of carbonyl (C=O) groups excluding carboxylic acids is 1. The molecule has 17 heteroatoms. The second kappa shape index (κ2) is 11.2. The van der Waals surface area contributed by atoms with Gasteiger partial charge in [-0.3, -0.25) is 14.4 Å². The Balaban J connectivity index is 1.74. The number of hydrogen-bond donors (Lipinski definition) is 3. The fourth-order valence-corrected chi connectivity index (χ4v) is 6.11. The number of ether oxygens (including phenoxy) is 1. The molecule has 218 valence electrons. The Kier molecular flexibility index (Phi) is 8.12. The number of aryl methyl sites for hydroxylation is 1. The number of amides is 2. The number of nitrogens with zero attached hydrogens (tertiary/aromatic N) is 3. The maximum atomic E-state index is 13.7. The molecule has 1 aliphatic rings. The topological polar surface area (TPSA) is 163 Å². The summed E-state index contributed by atoms with van der Waals surface area (Å²) in [5.41, 5.74) is -0.902.